The van der Waals surface area contributed by atoms with Crippen LogP contribution in [0.4, 0.5) is 11.4 Å². The van der Waals surface area contributed by atoms with Crippen LogP contribution in [0.25, 0.3) is 0 Å². The highest BCUT2D eigenvalue weighted by Crippen LogP contribution is 2.32. The Bertz CT molecular complexity index is 426. The molecule has 0 aromatic heterocycles. The number of amides is 1. The Morgan fingerprint density at radius 2 is 2.18 bits per heavy atom. The van der Waals surface area contributed by atoms with Crippen molar-refractivity contribution >= 4 is 17.3 Å². The normalized spacial score (nSPS) is 14.8. The molecule has 1 aromatic carbocycles. The third kappa shape index (κ3) is 2.28. The van der Waals surface area contributed by atoms with Gasteiger partial charge in [-0.25, -0.2) is 0 Å². The van der Waals surface area contributed by atoms with Crippen LogP contribution >= 0.6 is 0 Å². The van der Waals surface area contributed by atoms with Crippen LogP contribution in [0.2, 0.25) is 0 Å². The van der Waals surface area contributed by atoms with Gasteiger partial charge in [-0.15, -0.1) is 0 Å². The van der Waals surface area contributed by atoms with Crippen molar-refractivity contribution in [1.29, 1.82) is 0 Å². The first kappa shape index (κ1) is 12.0. The molecule has 0 spiro atoms. The van der Waals surface area contributed by atoms with Crippen molar-refractivity contribution in [3.05, 3.63) is 23.8 Å². The Morgan fingerprint density at radius 3 is 2.82 bits per heavy atom. The molecule has 0 unspecified atom stereocenters. The van der Waals surface area contributed by atoms with E-state index >= 15 is 0 Å². The maximum atomic E-state index is 11.8. The summed E-state index contributed by atoms with van der Waals surface area (Å²) in [5.74, 6) is 0.677. The second-order valence-electron chi connectivity index (χ2n) is 4.83. The van der Waals surface area contributed by atoms with E-state index in [1.54, 1.807) is 0 Å². The largest absolute Gasteiger partial charge is 0.374 e. The van der Waals surface area contributed by atoms with Crippen LogP contribution in [-0.4, -0.2) is 19.0 Å². The van der Waals surface area contributed by atoms with E-state index in [1.165, 1.54) is 5.56 Å². The third-order valence-corrected chi connectivity index (χ3v) is 3.16. The van der Waals surface area contributed by atoms with Crippen LogP contribution in [0.15, 0.2) is 18.2 Å². The molecule has 3 nitrogen and oxygen atoms in total. The van der Waals surface area contributed by atoms with E-state index in [0.29, 0.717) is 12.5 Å². The topological polar surface area (TPSA) is 32.3 Å². The lowest BCUT2D eigenvalue weighted by Gasteiger charge is -2.30. The maximum Gasteiger partial charge on any atom is 0.246 e. The molecule has 2 rings (SSSR count). The average molecular weight is 232 g/mol. The van der Waals surface area contributed by atoms with Crippen molar-refractivity contribution in [1.82, 2.24) is 0 Å². The molecule has 17 heavy (non-hydrogen) atoms. The van der Waals surface area contributed by atoms with Crippen molar-refractivity contribution in [3.63, 3.8) is 0 Å². The zero-order chi connectivity index (χ0) is 12.4. The summed E-state index contributed by atoms with van der Waals surface area (Å²) >= 11 is 0. The van der Waals surface area contributed by atoms with Crippen molar-refractivity contribution in [2.24, 2.45) is 0 Å². The summed E-state index contributed by atoms with van der Waals surface area (Å²) in [4.78, 5) is 13.7. The second kappa shape index (κ2) is 4.78. The van der Waals surface area contributed by atoms with Gasteiger partial charge in [-0.1, -0.05) is 26.8 Å². The Hall–Kier alpha value is -1.51. The molecular formula is C14H20N2O. The summed E-state index contributed by atoms with van der Waals surface area (Å²) in [6, 6.07) is 6.34. The molecule has 1 N–H and O–H groups in total. The molecule has 3 heteroatoms. The molecule has 0 saturated carbocycles. The molecule has 1 heterocycles. The summed E-state index contributed by atoms with van der Waals surface area (Å²) in [7, 11) is 0. The SMILES string of the molecule is CCCN1C(=O)CNc2cc(C(C)C)ccc21. The third-order valence-electron chi connectivity index (χ3n) is 3.16. The van der Waals surface area contributed by atoms with Gasteiger partial charge in [-0.3, -0.25) is 4.79 Å². The highest BCUT2D eigenvalue weighted by Gasteiger charge is 2.23. The van der Waals surface area contributed by atoms with E-state index in [9.17, 15) is 4.79 Å². The predicted octanol–water partition coefficient (Wildman–Crippen LogP) is 2.98. The van der Waals surface area contributed by atoms with Gasteiger partial charge in [0, 0.05) is 6.54 Å². The number of fused-ring (bicyclic) bond motifs is 1. The van der Waals surface area contributed by atoms with Gasteiger partial charge in [0.15, 0.2) is 0 Å². The molecule has 0 bridgehead atoms. The standard InChI is InChI=1S/C14H20N2O/c1-4-7-16-13-6-5-11(10(2)3)8-12(13)15-9-14(16)17/h5-6,8,10,15H,4,7,9H2,1-3H3. The van der Waals surface area contributed by atoms with Crippen LogP contribution in [-0.2, 0) is 4.79 Å². The lowest BCUT2D eigenvalue weighted by Crippen LogP contribution is -2.40. The van der Waals surface area contributed by atoms with Crippen molar-refractivity contribution < 1.29 is 4.79 Å². The number of hydrogen-bond acceptors (Lipinski definition) is 2. The summed E-state index contributed by atoms with van der Waals surface area (Å²) in [5.41, 5.74) is 3.42. The van der Waals surface area contributed by atoms with Gasteiger partial charge in [0.05, 0.1) is 17.9 Å². The maximum absolute atomic E-state index is 11.8. The Kier molecular flexibility index (Phi) is 3.36. The van der Waals surface area contributed by atoms with Gasteiger partial charge in [-0.2, -0.15) is 0 Å². The Labute approximate surface area is 103 Å². The minimum atomic E-state index is 0.164. The molecule has 0 atom stereocenters. The van der Waals surface area contributed by atoms with Crippen LogP contribution in [0.3, 0.4) is 0 Å². The molecule has 92 valence electrons. The first-order chi connectivity index (χ1) is 8.13. The number of rotatable bonds is 3. The van der Waals surface area contributed by atoms with E-state index in [2.05, 4.69) is 44.3 Å². The second-order valence-corrected chi connectivity index (χ2v) is 4.83. The highest BCUT2D eigenvalue weighted by atomic mass is 16.2. The zero-order valence-corrected chi connectivity index (χ0v) is 10.8. The summed E-state index contributed by atoms with van der Waals surface area (Å²) in [5, 5.41) is 3.20. The number of nitrogens with one attached hydrogen (secondary N) is 1. The minimum Gasteiger partial charge on any atom is -0.374 e. The monoisotopic (exact) mass is 232 g/mol. The van der Waals surface area contributed by atoms with Crippen LogP contribution in [0.1, 0.15) is 38.7 Å². The van der Waals surface area contributed by atoms with Crippen LogP contribution in [0, 0.1) is 0 Å². The lowest BCUT2D eigenvalue weighted by atomic mass is 10.0. The van der Waals surface area contributed by atoms with Gasteiger partial charge in [0.2, 0.25) is 5.91 Å². The molecule has 1 aliphatic rings. The fourth-order valence-corrected chi connectivity index (χ4v) is 2.16. The first-order valence-corrected chi connectivity index (χ1v) is 6.31. The van der Waals surface area contributed by atoms with E-state index in [1.807, 2.05) is 4.90 Å². The molecule has 0 radical (unpaired) electrons. The molecule has 1 aliphatic heterocycles. The summed E-state index contributed by atoms with van der Waals surface area (Å²) in [6.45, 7) is 7.67. The van der Waals surface area contributed by atoms with E-state index < -0.39 is 0 Å². The quantitative estimate of drug-likeness (QED) is 0.869. The fourth-order valence-electron chi connectivity index (χ4n) is 2.16. The van der Waals surface area contributed by atoms with Gasteiger partial charge >= 0.3 is 0 Å². The lowest BCUT2D eigenvalue weighted by molar-refractivity contribution is -0.117. The van der Waals surface area contributed by atoms with Crippen LogP contribution < -0.4 is 10.2 Å². The number of carbonyl (C=O) groups excluding carboxylic acids is 1. The van der Waals surface area contributed by atoms with E-state index in [0.717, 1.165) is 24.3 Å². The van der Waals surface area contributed by atoms with Gasteiger partial charge < -0.3 is 10.2 Å². The number of hydrogen-bond donors (Lipinski definition) is 1. The molecule has 0 saturated heterocycles. The average Bonchev–Trinajstić information content (AvgIpc) is 2.32. The fraction of sp³-hybridized carbons (Fsp3) is 0.500. The smallest absolute Gasteiger partial charge is 0.246 e. The summed E-state index contributed by atoms with van der Waals surface area (Å²) < 4.78 is 0. The van der Waals surface area contributed by atoms with Crippen molar-refractivity contribution in [2.45, 2.75) is 33.1 Å². The Balaban J connectivity index is 2.37. The zero-order valence-electron chi connectivity index (χ0n) is 10.8. The summed E-state index contributed by atoms with van der Waals surface area (Å²) in [6.07, 6.45) is 0.983. The number of nitrogens with zero attached hydrogens (tertiary/aromatic N) is 1. The number of benzene rings is 1. The molecule has 0 aliphatic carbocycles. The van der Waals surface area contributed by atoms with Crippen molar-refractivity contribution in [2.75, 3.05) is 23.3 Å². The molecule has 1 aromatic rings. The van der Waals surface area contributed by atoms with Gasteiger partial charge in [0.25, 0.3) is 0 Å². The number of anilines is 2. The van der Waals surface area contributed by atoms with Crippen LogP contribution in [0.5, 0.6) is 0 Å². The highest BCUT2D eigenvalue weighted by molar-refractivity contribution is 6.02. The Morgan fingerprint density at radius 1 is 1.41 bits per heavy atom. The van der Waals surface area contributed by atoms with Crippen molar-refractivity contribution in [3.8, 4) is 0 Å². The minimum absolute atomic E-state index is 0.164. The molecule has 0 fully saturated rings. The predicted molar refractivity (Wildman–Crippen MR) is 71.7 cm³/mol. The molecular weight excluding hydrogens is 212 g/mol. The van der Waals surface area contributed by atoms with Gasteiger partial charge in [-0.05, 0) is 30.0 Å². The van der Waals surface area contributed by atoms with Gasteiger partial charge in [0.1, 0.15) is 0 Å². The van der Waals surface area contributed by atoms with E-state index in [-0.39, 0.29) is 5.91 Å². The number of carbonyl (C=O) groups is 1. The molecule has 1 amide bonds. The first-order valence-electron chi connectivity index (χ1n) is 6.31. The van der Waals surface area contributed by atoms with E-state index in [4.69, 9.17) is 0 Å².